The van der Waals surface area contributed by atoms with E-state index >= 15 is 0 Å². The monoisotopic (exact) mass is 442 g/mol. The Hall–Kier alpha value is -3.41. The lowest BCUT2D eigenvalue weighted by Gasteiger charge is -2.44. The summed E-state index contributed by atoms with van der Waals surface area (Å²) in [6, 6.07) is 20.1. The molecule has 2 aliphatic heterocycles. The number of carbonyl (C=O) groups excluding carboxylic acids is 2. The normalized spacial score (nSPS) is 18.2. The molecule has 1 unspecified atom stereocenters. The predicted molar refractivity (Wildman–Crippen MR) is 127 cm³/mol. The van der Waals surface area contributed by atoms with Gasteiger partial charge in [-0.25, -0.2) is 0 Å². The number of rotatable bonds is 3. The van der Waals surface area contributed by atoms with Crippen LogP contribution in [0.1, 0.15) is 59.7 Å². The summed E-state index contributed by atoms with van der Waals surface area (Å²) in [6.45, 7) is 8.12. The largest absolute Gasteiger partial charge is 0.332 e. The van der Waals surface area contributed by atoms with Crippen LogP contribution in [0.2, 0.25) is 0 Å². The van der Waals surface area contributed by atoms with Crippen LogP contribution in [0.25, 0.3) is 0 Å². The molecule has 2 aliphatic rings. The summed E-state index contributed by atoms with van der Waals surface area (Å²) in [5, 5.41) is 4.80. The van der Waals surface area contributed by atoms with Crippen LogP contribution >= 0.6 is 0 Å². The zero-order chi connectivity index (χ0) is 23.2. The van der Waals surface area contributed by atoms with Crippen LogP contribution < -0.4 is 0 Å². The molecule has 33 heavy (non-hydrogen) atoms. The van der Waals surface area contributed by atoms with Gasteiger partial charge < -0.3 is 9.80 Å². The van der Waals surface area contributed by atoms with Crippen LogP contribution in [0.3, 0.4) is 0 Å². The van der Waals surface area contributed by atoms with Crippen molar-refractivity contribution in [2.75, 3.05) is 19.6 Å². The van der Waals surface area contributed by atoms with Crippen molar-refractivity contribution in [3.8, 4) is 0 Å². The number of aromatic nitrogens is 2. The summed E-state index contributed by atoms with van der Waals surface area (Å²) in [7, 11) is 0. The predicted octanol–water partition coefficient (Wildman–Crippen LogP) is 3.81. The van der Waals surface area contributed by atoms with Gasteiger partial charge in [-0.3, -0.25) is 14.3 Å². The van der Waals surface area contributed by atoms with Crippen molar-refractivity contribution in [2.24, 2.45) is 0 Å². The Morgan fingerprint density at radius 2 is 1.79 bits per heavy atom. The second-order valence-electron chi connectivity index (χ2n) is 10.0. The van der Waals surface area contributed by atoms with Crippen LogP contribution in [-0.4, -0.2) is 51.0 Å². The van der Waals surface area contributed by atoms with Crippen molar-refractivity contribution in [3.05, 3.63) is 88.7 Å². The Morgan fingerprint density at radius 1 is 1.06 bits per heavy atom. The van der Waals surface area contributed by atoms with Crippen LogP contribution in [-0.2, 0) is 23.2 Å². The highest BCUT2D eigenvalue weighted by Gasteiger charge is 2.39. The van der Waals surface area contributed by atoms with E-state index in [1.54, 1.807) is 9.58 Å². The lowest BCUT2D eigenvalue weighted by molar-refractivity contribution is -0.139. The molecule has 1 atom stereocenters. The number of carbonyl (C=O) groups is 2. The third-order valence-corrected chi connectivity index (χ3v) is 6.68. The molecule has 5 rings (SSSR count). The van der Waals surface area contributed by atoms with Gasteiger partial charge in [-0.05, 0) is 29.2 Å². The number of hydrogen-bond acceptors (Lipinski definition) is 3. The fourth-order valence-corrected chi connectivity index (χ4v) is 4.82. The van der Waals surface area contributed by atoms with Crippen molar-refractivity contribution in [1.82, 2.24) is 19.6 Å². The lowest BCUT2D eigenvalue weighted by atomic mass is 9.90. The first kappa shape index (κ1) is 21.4. The van der Waals surface area contributed by atoms with E-state index < -0.39 is 0 Å². The Morgan fingerprint density at radius 3 is 2.55 bits per heavy atom. The molecule has 1 aromatic heterocycles. The third kappa shape index (κ3) is 4.06. The van der Waals surface area contributed by atoms with E-state index in [-0.39, 0.29) is 29.8 Å². The fourth-order valence-electron chi connectivity index (χ4n) is 4.82. The molecule has 3 aromatic rings. The second kappa shape index (κ2) is 8.18. The van der Waals surface area contributed by atoms with Crippen LogP contribution in [0.5, 0.6) is 0 Å². The molecule has 0 spiro atoms. The molecule has 0 saturated carbocycles. The number of nitrogens with zero attached hydrogens (tertiary/aromatic N) is 4. The highest BCUT2D eigenvalue weighted by Crippen LogP contribution is 2.33. The molecular formula is C27H30N4O2. The lowest BCUT2D eigenvalue weighted by Crippen LogP contribution is -2.55. The summed E-state index contributed by atoms with van der Waals surface area (Å²) in [5.41, 5.74) is 4.72. The molecule has 0 bridgehead atoms. The first-order valence-corrected chi connectivity index (χ1v) is 11.6. The van der Waals surface area contributed by atoms with Gasteiger partial charge in [-0.1, -0.05) is 75.4 Å². The molecule has 1 saturated heterocycles. The molecule has 2 aromatic carbocycles. The average molecular weight is 443 g/mol. The van der Waals surface area contributed by atoms with Gasteiger partial charge in [-0.2, -0.15) is 5.10 Å². The fraction of sp³-hybridized carbons (Fsp3) is 0.370. The molecule has 3 heterocycles. The summed E-state index contributed by atoms with van der Waals surface area (Å²) >= 11 is 0. The number of hydrogen-bond donors (Lipinski definition) is 0. The maximum atomic E-state index is 13.8. The molecule has 6 heteroatoms. The number of piperazine rings is 1. The van der Waals surface area contributed by atoms with Gasteiger partial charge in [0, 0.05) is 18.5 Å². The molecule has 170 valence electrons. The van der Waals surface area contributed by atoms with E-state index in [4.69, 9.17) is 5.10 Å². The van der Waals surface area contributed by atoms with Crippen LogP contribution in [0.4, 0.5) is 0 Å². The summed E-state index contributed by atoms with van der Waals surface area (Å²) in [5.74, 6) is -0.121. The van der Waals surface area contributed by atoms with E-state index in [1.165, 1.54) is 5.56 Å². The first-order valence-electron chi connectivity index (χ1n) is 11.6. The maximum absolute atomic E-state index is 13.8. The van der Waals surface area contributed by atoms with E-state index in [2.05, 4.69) is 32.9 Å². The highest BCUT2D eigenvalue weighted by atomic mass is 16.2. The summed E-state index contributed by atoms with van der Waals surface area (Å²) in [4.78, 5) is 30.5. The van der Waals surface area contributed by atoms with Crippen molar-refractivity contribution in [3.63, 3.8) is 0 Å². The van der Waals surface area contributed by atoms with Crippen molar-refractivity contribution < 1.29 is 9.59 Å². The average Bonchev–Trinajstić information content (AvgIpc) is 3.23. The van der Waals surface area contributed by atoms with E-state index in [1.807, 2.05) is 53.4 Å². The SMILES string of the molecule is CC(C)(C)c1cc(C(=O)N2CC(=O)N3CCc4ccccc4C3C2)n(Cc2ccccc2)n1. The van der Waals surface area contributed by atoms with Gasteiger partial charge in [0.15, 0.2) is 0 Å². The number of fused-ring (bicyclic) bond motifs is 3. The van der Waals surface area contributed by atoms with Crippen LogP contribution in [0, 0.1) is 0 Å². The number of amides is 2. The van der Waals surface area contributed by atoms with Gasteiger partial charge in [0.2, 0.25) is 5.91 Å². The minimum absolute atomic E-state index is 0.0132. The van der Waals surface area contributed by atoms with Gasteiger partial charge in [-0.15, -0.1) is 0 Å². The Bertz CT molecular complexity index is 1190. The molecule has 1 fully saturated rings. The van der Waals surface area contributed by atoms with E-state index in [9.17, 15) is 9.59 Å². The standard InChI is InChI=1S/C27H30N4O2/c1-27(2,3)24-15-22(31(28-24)16-19-9-5-4-6-10-19)26(33)29-17-23-21-12-8-7-11-20(21)13-14-30(23)25(32)18-29/h4-12,15,23H,13-14,16-18H2,1-3H3. The van der Waals surface area contributed by atoms with Crippen molar-refractivity contribution in [1.29, 1.82) is 0 Å². The zero-order valence-electron chi connectivity index (χ0n) is 19.5. The third-order valence-electron chi connectivity index (χ3n) is 6.68. The van der Waals surface area contributed by atoms with Gasteiger partial charge in [0.05, 0.1) is 18.3 Å². The minimum Gasteiger partial charge on any atom is -0.332 e. The molecule has 0 N–H and O–H groups in total. The second-order valence-corrected chi connectivity index (χ2v) is 10.0. The van der Waals surface area contributed by atoms with Gasteiger partial charge >= 0.3 is 0 Å². The number of benzene rings is 2. The minimum atomic E-state index is -0.187. The van der Waals surface area contributed by atoms with Crippen molar-refractivity contribution in [2.45, 2.75) is 45.2 Å². The molecule has 2 amide bonds. The molecular weight excluding hydrogens is 412 g/mol. The summed E-state index contributed by atoms with van der Waals surface area (Å²) < 4.78 is 1.80. The van der Waals surface area contributed by atoms with E-state index in [0.29, 0.717) is 25.3 Å². The molecule has 0 radical (unpaired) electrons. The maximum Gasteiger partial charge on any atom is 0.272 e. The summed E-state index contributed by atoms with van der Waals surface area (Å²) in [6.07, 6.45) is 0.866. The van der Waals surface area contributed by atoms with Gasteiger partial charge in [0.1, 0.15) is 12.2 Å². The van der Waals surface area contributed by atoms with Crippen LogP contribution in [0.15, 0.2) is 60.7 Å². The Balaban J connectivity index is 1.48. The highest BCUT2D eigenvalue weighted by molar-refractivity contribution is 5.96. The topological polar surface area (TPSA) is 58.4 Å². The van der Waals surface area contributed by atoms with E-state index in [0.717, 1.165) is 23.2 Å². The molecule has 0 aliphatic carbocycles. The van der Waals surface area contributed by atoms with Crippen molar-refractivity contribution >= 4 is 11.8 Å². The zero-order valence-corrected chi connectivity index (χ0v) is 19.5. The first-order chi connectivity index (χ1) is 15.8. The Labute approximate surface area is 194 Å². The quantitative estimate of drug-likeness (QED) is 0.620. The smallest absolute Gasteiger partial charge is 0.272 e. The Kier molecular flexibility index (Phi) is 5.31. The van der Waals surface area contributed by atoms with Gasteiger partial charge in [0.25, 0.3) is 5.91 Å². The molecule has 6 nitrogen and oxygen atoms in total.